The van der Waals surface area contributed by atoms with Gasteiger partial charge in [-0.3, -0.25) is 4.79 Å². The molecule has 38 heavy (non-hydrogen) atoms. The molecule has 0 aliphatic heterocycles. The number of fused-ring (bicyclic) bond motifs is 1. The molecule has 0 aliphatic carbocycles. The molecule has 3 aromatic carbocycles. The number of H-pyrrole nitrogens is 1. The molecule has 1 aromatic heterocycles. The van der Waals surface area contributed by atoms with Gasteiger partial charge >= 0.3 is 6.03 Å². The van der Waals surface area contributed by atoms with Gasteiger partial charge in [0.15, 0.2) is 0 Å². The third-order valence-electron chi connectivity index (χ3n) is 6.29. The average molecular weight is 552 g/mol. The van der Waals surface area contributed by atoms with Gasteiger partial charge in [0.05, 0.1) is 15.7 Å². The van der Waals surface area contributed by atoms with E-state index in [9.17, 15) is 9.59 Å². The summed E-state index contributed by atoms with van der Waals surface area (Å²) in [5, 5.41) is 4.63. The van der Waals surface area contributed by atoms with E-state index in [0.717, 1.165) is 22.0 Å². The number of halogens is 2. The highest BCUT2D eigenvalue weighted by atomic mass is 35.5. The van der Waals surface area contributed by atoms with Crippen LogP contribution in [0.5, 0.6) is 0 Å². The van der Waals surface area contributed by atoms with Crippen molar-refractivity contribution in [1.29, 1.82) is 0 Å². The molecule has 0 radical (unpaired) electrons. The first kappa shape index (κ1) is 27.6. The van der Waals surface area contributed by atoms with Crippen molar-refractivity contribution in [3.05, 3.63) is 100 Å². The highest BCUT2D eigenvalue weighted by Gasteiger charge is 2.24. The Morgan fingerprint density at radius 1 is 0.895 bits per heavy atom. The molecule has 8 heteroatoms. The second-order valence-corrected chi connectivity index (χ2v) is 10.5. The Morgan fingerprint density at radius 2 is 1.58 bits per heavy atom. The number of carbonyl (C=O) groups is 2. The normalized spacial score (nSPS) is 11.1. The van der Waals surface area contributed by atoms with Gasteiger partial charge in [0, 0.05) is 36.7 Å². The molecule has 2 N–H and O–H groups in total. The summed E-state index contributed by atoms with van der Waals surface area (Å²) in [7, 11) is 0. The summed E-state index contributed by atoms with van der Waals surface area (Å²) in [6.07, 6.45) is 2.69. The summed E-state index contributed by atoms with van der Waals surface area (Å²) < 4.78 is 0. The van der Waals surface area contributed by atoms with E-state index in [4.69, 9.17) is 23.2 Å². The van der Waals surface area contributed by atoms with Crippen LogP contribution in [0.4, 0.5) is 10.5 Å². The van der Waals surface area contributed by atoms with Gasteiger partial charge in [0.2, 0.25) is 5.91 Å². The number of rotatable bonds is 10. The Bertz CT molecular complexity index is 1370. The zero-order valence-electron chi connectivity index (χ0n) is 21.6. The maximum atomic E-state index is 13.7. The predicted octanol–water partition coefficient (Wildman–Crippen LogP) is 7.24. The van der Waals surface area contributed by atoms with Crippen LogP contribution in [0.2, 0.25) is 10.0 Å². The molecule has 0 unspecified atom stereocenters. The van der Waals surface area contributed by atoms with Gasteiger partial charge < -0.3 is 20.1 Å². The minimum absolute atomic E-state index is 0.0627. The number of anilines is 1. The first-order valence-corrected chi connectivity index (χ1v) is 13.4. The maximum absolute atomic E-state index is 13.7. The van der Waals surface area contributed by atoms with E-state index >= 15 is 0 Å². The summed E-state index contributed by atoms with van der Waals surface area (Å²) in [5.41, 5.74) is 3.59. The molecule has 6 nitrogen and oxygen atoms in total. The van der Waals surface area contributed by atoms with Crippen molar-refractivity contribution in [3.8, 4) is 0 Å². The number of amides is 3. The minimum atomic E-state index is -0.418. The van der Waals surface area contributed by atoms with E-state index in [1.165, 1.54) is 4.90 Å². The maximum Gasteiger partial charge on any atom is 0.322 e. The van der Waals surface area contributed by atoms with E-state index in [1.54, 1.807) is 18.2 Å². The number of hydrogen-bond donors (Lipinski definition) is 2. The molecule has 0 aliphatic rings. The lowest BCUT2D eigenvalue weighted by atomic mass is 10.1. The zero-order valence-corrected chi connectivity index (χ0v) is 23.1. The summed E-state index contributed by atoms with van der Waals surface area (Å²) >= 11 is 12.5. The molecule has 0 atom stereocenters. The lowest BCUT2D eigenvalue weighted by molar-refractivity contribution is -0.132. The van der Waals surface area contributed by atoms with Crippen LogP contribution >= 0.6 is 23.2 Å². The van der Waals surface area contributed by atoms with Crippen LogP contribution in [0, 0.1) is 5.92 Å². The minimum Gasteiger partial charge on any atom is -0.361 e. The molecule has 0 saturated carbocycles. The molecule has 3 amide bonds. The van der Waals surface area contributed by atoms with Gasteiger partial charge in [-0.1, -0.05) is 91.6 Å². The second kappa shape index (κ2) is 12.9. The predicted molar refractivity (Wildman–Crippen MR) is 156 cm³/mol. The number of nitrogens with one attached hydrogen (secondary N) is 2. The molecular formula is C30H32Cl2N4O2. The molecule has 0 bridgehead atoms. The van der Waals surface area contributed by atoms with Gasteiger partial charge in [0.1, 0.15) is 6.54 Å². The van der Waals surface area contributed by atoms with Crippen molar-refractivity contribution in [2.45, 2.75) is 26.8 Å². The van der Waals surface area contributed by atoms with Crippen molar-refractivity contribution < 1.29 is 9.59 Å². The number of para-hydroxylation sites is 2. The number of aromatic nitrogens is 1. The first-order valence-electron chi connectivity index (χ1n) is 12.7. The molecule has 4 rings (SSSR count). The second-order valence-electron chi connectivity index (χ2n) is 9.71. The van der Waals surface area contributed by atoms with Gasteiger partial charge in [-0.15, -0.1) is 0 Å². The van der Waals surface area contributed by atoms with Crippen LogP contribution in [0.1, 0.15) is 25.0 Å². The number of urea groups is 1. The molecule has 4 aromatic rings. The van der Waals surface area contributed by atoms with Crippen molar-refractivity contribution in [1.82, 2.24) is 14.8 Å². The highest BCUT2D eigenvalue weighted by Crippen LogP contribution is 2.30. The molecule has 0 fully saturated rings. The van der Waals surface area contributed by atoms with Gasteiger partial charge in [-0.25, -0.2) is 4.79 Å². The van der Waals surface area contributed by atoms with E-state index < -0.39 is 6.03 Å². The molecular weight excluding hydrogens is 519 g/mol. The van der Waals surface area contributed by atoms with Gasteiger partial charge in [0.25, 0.3) is 0 Å². The van der Waals surface area contributed by atoms with Crippen molar-refractivity contribution >= 4 is 51.7 Å². The Kier molecular flexibility index (Phi) is 9.32. The van der Waals surface area contributed by atoms with Crippen molar-refractivity contribution in [2.24, 2.45) is 5.92 Å². The number of benzene rings is 3. The Balaban J connectivity index is 1.52. The first-order chi connectivity index (χ1) is 18.3. The molecule has 0 spiro atoms. The number of hydrogen-bond acceptors (Lipinski definition) is 2. The monoisotopic (exact) mass is 550 g/mol. The summed E-state index contributed by atoms with van der Waals surface area (Å²) in [4.78, 5) is 33.6. The van der Waals surface area contributed by atoms with Crippen LogP contribution in [0.15, 0.2) is 79.0 Å². The van der Waals surface area contributed by atoms with Crippen molar-refractivity contribution in [3.63, 3.8) is 0 Å². The van der Waals surface area contributed by atoms with Crippen molar-refractivity contribution in [2.75, 3.05) is 25.0 Å². The molecule has 1 heterocycles. The van der Waals surface area contributed by atoms with E-state index in [0.29, 0.717) is 41.8 Å². The van der Waals surface area contributed by atoms with E-state index in [1.807, 2.05) is 73.5 Å². The third kappa shape index (κ3) is 7.09. The lowest BCUT2D eigenvalue weighted by Crippen LogP contribution is -2.46. The fourth-order valence-corrected chi connectivity index (χ4v) is 4.91. The highest BCUT2D eigenvalue weighted by molar-refractivity contribution is 6.39. The number of aromatic amines is 1. The fourth-order valence-electron chi connectivity index (χ4n) is 4.42. The quantitative estimate of drug-likeness (QED) is 0.218. The number of nitrogens with zero attached hydrogens (tertiary/aromatic N) is 2. The summed E-state index contributed by atoms with van der Waals surface area (Å²) in [5.74, 6) is 0.0267. The van der Waals surface area contributed by atoms with Crippen LogP contribution < -0.4 is 5.32 Å². The zero-order chi connectivity index (χ0) is 27.1. The van der Waals surface area contributed by atoms with E-state index in [2.05, 4.69) is 16.4 Å². The Labute approximate surface area is 233 Å². The van der Waals surface area contributed by atoms with Crippen LogP contribution in [0.3, 0.4) is 0 Å². The average Bonchev–Trinajstić information content (AvgIpc) is 3.31. The van der Waals surface area contributed by atoms with Gasteiger partial charge in [-0.05, 0) is 41.7 Å². The lowest BCUT2D eigenvalue weighted by Gasteiger charge is -2.29. The SMILES string of the molecule is CC(C)CN(CC(=O)N(CCc1c[nH]c2ccccc12)Cc1ccccc1)C(=O)Nc1c(Cl)cccc1Cl. The summed E-state index contributed by atoms with van der Waals surface area (Å²) in [6, 6.07) is 22.6. The number of carbonyl (C=O) groups excluding carboxylic acids is 2. The Hall–Kier alpha value is -3.48. The molecule has 198 valence electrons. The van der Waals surface area contributed by atoms with Gasteiger partial charge in [-0.2, -0.15) is 0 Å². The third-order valence-corrected chi connectivity index (χ3v) is 6.92. The molecule has 0 saturated heterocycles. The fraction of sp³-hybridized carbons (Fsp3) is 0.267. The summed E-state index contributed by atoms with van der Waals surface area (Å²) in [6.45, 7) is 5.32. The van der Waals surface area contributed by atoms with E-state index in [-0.39, 0.29) is 18.4 Å². The van der Waals surface area contributed by atoms with Crippen LogP contribution in [-0.2, 0) is 17.8 Å². The smallest absolute Gasteiger partial charge is 0.322 e. The van der Waals surface area contributed by atoms with Crippen LogP contribution in [-0.4, -0.2) is 46.4 Å². The van der Waals surface area contributed by atoms with Crippen LogP contribution in [0.25, 0.3) is 10.9 Å². The Morgan fingerprint density at radius 3 is 2.29 bits per heavy atom. The standard InChI is InChI=1S/C30H32Cl2N4O2/c1-21(2)18-36(30(38)34-29-25(31)12-8-13-26(29)32)20-28(37)35(19-22-9-4-3-5-10-22)16-15-23-17-33-27-14-7-6-11-24(23)27/h3-14,17,21,33H,15-16,18-20H2,1-2H3,(H,34,38). The topological polar surface area (TPSA) is 68.4 Å². The largest absolute Gasteiger partial charge is 0.361 e.